The normalized spacial score (nSPS) is 30.2. The second-order valence-electron chi connectivity index (χ2n) is 5.74. The highest BCUT2D eigenvalue weighted by atomic mass is 16.5. The van der Waals surface area contributed by atoms with Gasteiger partial charge in [-0.25, -0.2) is 0 Å². The summed E-state index contributed by atoms with van der Waals surface area (Å²) in [7, 11) is 0. The summed E-state index contributed by atoms with van der Waals surface area (Å²) in [6, 6.07) is 7.92. The Balaban J connectivity index is 1.63. The second-order valence-corrected chi connectivity index (χ2v) is 5.74. The van der Waals surface area contributed by atoms with Crippen LogP contribution in [0.4, 0.5) is 5.69 Å². The summed E-state index contributed by atoms with van der Waals surface area (Å²) in [6.07, 6.45) is 4.37. The van der Waals surface area contributed by atoms with E-state index in [0.29, 0.717) is 0 Å². The van der Waals surface area contributed by atoms with Crippen molar-refractivity contribution in [2.24, 2.45) is 0 Å². The van der Waals surface area contributed by atoms with Crippen molar-refractivity contribution in [3.63, 3.8) is 0 Å². The average molecular weight is 275 g/mol. The van der Waals surface area contributed by atoms with E-state index in [0.717, 1.165) is 44.2 Å². The van der Waals surface area contributed by atoms with E-state index in [2.05, 4.69) is 11.4 Å². The third-order valence-corrected chi connectivity index (χ3v) is 4.24. The highest BCUT2D eigenvalue weighted by Gasteiger charge is 2.29. The topological polar surface area (TPSA) is 58.6 Å². The molecule has 0 radical (unpaired) electrons. The third-order valence-electron chi connectivity index (χ3n) is 4.24. The molecule has 1 aliphatic heterocycles. The summed E-state index contributed by atoms with van der Waals surface area (Å²) in [5, 5.41) is 12.5. The number of aryl methyl sites for hydroxylation is 1. The molecule has 1 atom stereocenters. The number of hydrogen-bond donors (Lipinski definition) is 2. The molecule has 4 nitrogen and oxygen atoms in total. The van der Waals surface area contributed by atoms with Gasteiger partial charge in [0.05, 0.1) is 12.2 Å². The second kappa shape index (κ2) is 5.94. The first-order valence-corrected chi connectivity index (χ1v) is 7.44. The number of hydrogen-bond acceptors (Lipinski definition) is 3. The van der Waals surface area contributed by atoms with Crippen molar-refractivity contribution >= 4 is 11.6 Å². The van der Waals surface area contributed by atoms with Crippen molar-refractivity contribution in [2.45, 2.75) is 56.8 Å². The van der Waals surface area contributed by atoms with E-state index in [1.54, 1.807) is 0 Å². The van der Waals surface area contributed by atoms with Gasteiger partial charge in [0.2, 0.25) is 0 Å². The first-order valence-electron chi connectivity index (χ1n) is 7.44. The Morgan fingerprint density at radius 2 is 1.85 bits per heavy atom. The Morgan fingerprint density at radius 3 is 2.65 bits per heavy atom. The fraction of sp³-hybridized carbons (Fsp3) is 0.562. The van der Waals surface area contributed by atoms with Crippen LogP contribution in [-0.2, 0) is 16.0 Å². The van der Waals surface area contributed by atoms with Gasteiger partial charge in [0, 0.05) is 5.69 Å². The quantitative estimate of drug-likeness (QED) is 0.870. The molecule has 1 saturated carbocycles. The van der Waals surface area contributed by atoms with Crippen molar-refractivity contribution in [3.05, 3.63) is 29.8 Å². The number of ether oxygens (including phenoxy) is 1. The molecule has 2 aliphatic rings. The molecule has 1 aliphatic carbocycles. The van der Waals surface area contributed by atoms with E-state index in [4.69, 9.17) is 4.74 Å². The van der Waals surface area contributed by atoms with Crippen LogP contribution in [0.1, 0.15) is 37.7 Å². The molecule has 3 rings (SSSR count). The summed E-state index contributed by atoms with van der Waals surface area (Å²) in [4.78, 5) is 12.2. The van der Waals surface area contributed by atoms with Crippen LogP contribution in [0.25, 0.3) is 0 Å². The van der Waals surface area contributed by atoms with Gasteiger partial charge in [0.25, 0.3) is 5.91 Å². The van der Waals surface area contributed by atoms with Crippen LogP contribution in [0, 0.1) is 0 Å². The van der Waals surface area contributed by atoms with Crippen LogP contribution >= 0.6 is 0 Å². The van der Waals surface area contributed by atoms with Crippen molar-refractivity contribution in [1.29, 1.82) is 0 Å². The highest BCUT2D eigenvalue weighted by molar-refractivity contribution is 5.95. The van der Waals surface area contributed by atoms with Gasteiger partial charge in [-0.05, 0) is 50.2 Å². The molecule has 1 fully saturated rings. The smallest absolute Gasteiger partial charge is 0.253 e. The Kier molecular flexibility index (Phi) is 4.03. The summed E-state index contributed by atoms with van der Waals surface area (Å²) < 4.78 is 5.98. The number of amides is 1. The molecule has 1 unspecified atom stereocenters. The van der Waals surface area contributed by atoms with Gasteiger partial charge >= 0.3 is 0 Å². The van der Waals surface area contributed by atoms with Gasteiger partial charge in [-0.15, -0.1) is 0 Å². The Bertz CT molecular complexity index is 480. The predicted octanol–water partition coefficient (Wildman–Crippen LogP) is 2.26. The molecule has 1 aromatic carbocycles. The molecular formula is C16H21NO3. The molecule has 1 aromatic rings. The fourth-order valence-corrected chi connectivity index (χ4v) is 3.03. The molecule has 20 heavy (non-hydrogen) atoms. The zero-order chi connectivity index (χ0) is 13.9. The molecule has 0 aromatic heterocycles. The standard InChI is InChI=1S/C16H21NO3/c18-12-6-8-13(9-7-12)20-15-10-5-11-3-1-2-4-14(11)17-16(15)19/h1-4,12-13,15,18H,5-10H2,(H,17,19). The van der Waals surface area contributed by atoms with Crippen LogP contribution in [-0.4, -0.2) is 29.3 Å². The SMILES string of the molecule is O=C1Nc2ccccc2CCC1OC1CCC(O)CC1. The lowest BCUT2D eigenvalue weighted by atomic mass is 9.95. The highest BCUT2D eigenvalue weighted by Crippen LogP contribution is 2.27. The zero-order valence-electron chi connectivity index (χ0n) is 11.5. The number of nitrogens with one attached hydrogen (secondary N) is 1. The van der Waals surface area contributed by atoms with E-state index in [1.807, 2.05) is 18.2 Å². The number of aliphatic hydroxyl groups is 1. The Morgan fingerprint density at radius 1 is 1.10 bits per heavy atom. The first-order chi connectivity index (χ1) is 9.72. The minimum absolute atomic E-state index is 0.0407. The van der Waals surface area contributed by atoms with Crippen molar-refractivity contribution < 1.29 is 14.6 Å². The van der Waals surface area contributed by atoms with Crippen LogP contribution < -0.4 is 5.32 Å². The zero-order valence-corrected chi connectivity index (χ0v) is 11.5. The fourth-order valence-electron chi connectivity index (χ4n) is 3.03. The predicted molar refractivity (Wildman–Crippen MR) is 76.5 cm³/mol. The summed E-state index contributed by atoms with van der Waals surface area (Å²) in [6.45, 7) is 0. The lowest BCUT2D eigenvalue weighted by Crippen LogP contribution is -2.35. The number of rotatable bonds is 2. The van der Waals surface area contributed by atoms with Gasteiger partial charge in [-0.1, -0.05) is 18.2 Å². The Hall–Kier alpha value is -1.39. The summed E-state index contributed by atoms with van der Waals surface area (Å²) in [5.74, 6) is -0.0407. The van der Waals surface area contributed by atoms with Crippen LogP contribution in [0.3, 0.4) is 0 Å². The molecule has 1 amide bonds. The molecule has 108 valence electrons. The number of carbonyl (C=O) groups excluding carboxylic acids is 1. The average Bonchev–Trinajstić information content (AvgIpc) is 2.61. The van der Waals surface area contributed by atoms with Gasteiger partial charge in [-0.3, -0.25) is 4.79 Å². The Labute approximate surface area is 119 Å². The molecular weight excluding hydrogens is 254 g/mol. The number of benzene rings is 1. The van der Waals surface area contributed by atoms with Crippen LogP contribution in [0.15, 0.2) is 24.3 Å². The maximum atomic E-state index is 12.2. The van der Waals surface area contributed by atoms with Crippen LogP contribution in [0.5, 0.6) is 0 Å². The summed E-state index contributed by atoms with van der Waals surface area (Å²) in [5.41, 5.74) is 2.08. The van der Waals surface area contributed by atoms with Gasteiger partial charge in [-0.2, -0.15) is 0 Å². The van der Waals surface area contributed by atoms with E-state index < -0.39 is 0 Å². The molecule has 0 saturated heterocycles. The number of para-hydroxylation sites is 1. The van der Waals surface area contributed by atoms with E-state index in [1.165, 1.54) is 5.56 Å². The summed E-state index contributed by atoms with van der Waals surface area (Å²) >= 11 is 0. The molecule has 0 bridgehead atoms. The molecule has 2 N–H and O–H groups in total. The van der Waals surface area contributed by atoms with Crippen molar-refractivity contribution in [2.75, 3.05) is 5.32 Å². The first kappa shape index (κ1) is 13.6. The number of anilines is 1. The molecule has 0 spiro atoms. The maximum Gasteiger partial charge on any atom is 0.253 e. The third kappa shape index (κ3) is 3.02. The molecule has 4 heteroatoms. The van der Waals surface area contributed by atoms with Gasteiger partial charge < -0.3 is 15.2 Å². The lowest BCUT2D eigenvalue weighted by molar-refractivity contribution is -0.134. The maximum absolute atomic E-state index is 12.2. The molecule has 1 heterocycles. The lowest BCUT2D eigenvalue weighted by Gasteiger charge is -2.28. The minimum Gasteiger partial charge on any atom is -0.393 e. The van der Waals surface area contributed by atoms with Crippen molar-refractivity contribution in [3.8, 4) is 0 Å². The minimum atomic E-state index is -0.373. The van der Waals surface area contributed by atoms with Gasteiger partial charge in [0.15, 0.2) is 0 Å². The van der Waals surface area contributed by atoms with Crippen molar-refractivity contribution in [1.82, 2.24) is 0 Å². The van der Waals surface area contributed by atoms with Crippen LogP contribution in [0.2, 0.25) is 0 Å². The van der Waals surface area contributed by atoms with E-state index >= 15 is 0 Å². The number of carbonyl (C=O) groups is 1. The van der Waals surface area contributed by atoms with Gasteiger partial charge in [0.1, 0.15) is 6.10 Å². The number of aliphatic hydroxyl groups excluding tert-OH is 1. The largest absolute Gasteiger partial charge is 0.393 e. The number of fused-ring (bicyclic) bond motifs is 1. The van der Waals surface area contributed by atoms with E-state index in [-0.39, 0.29) is 24.2 Å². The van der Waals surface area contributed by atoms with E-state index in [9.17, 15) is 9.90 Å². The monoisotopic (exact) mass is 275 g/mol.